The first-order valence-electron chi connectivity index (χ1n) is 8.50. The van der Waals surface area contributed by atoms with Crippen LogP contribution in [0, 0.1) is 11.7 Å². The Morgan fingerprint density at radius 1 is 1.08 bits per heavy atom. The monoisotopic (exact) mass is 340 g/mol. The van der Waals surface area contributed by atoms with Crippen LogP contribution in [0.15, 0.2) is 54.6 Å². The maximum absolute atomic E-state index is 13.8. The number of piperidine rings is 1. The van der Waals surface area contributed by atoms with E-state index in [1.165, 1.54) is 12.1 Å². The summed E-state index contributed by atoms with van der Waals surface area (Å²) in [6.45, 7) is 1.35. The van der Waals surface area contributed by atoms with Gasteiger partial charge in [0, 0.05) is 19.6 Å². The average molecular weight is 340 g/mol. The van der Waals surface area contributed by atoms with E-state index in [2.05, 4.69) is 5.32 Å². The number of rotatable bonds is 4. The van der Waals surface area contributed by atoms with E-state index in [0.717, 1.165) is 18.4 Å². The van der Waals surface area contributed by atoms with Crippen LogP contribution in [0.25, 0.3) is 0 Å². The Kier molecular flexibility index (Phi) is 5.43. The van der Waals surface area contributed by atoms with Crippen molar-refractivity contribution in [2.75, 3.05) is 13.1 Å². The Bertz CT molecular complexity index is 748. The number of halogens is 1. The first-order chi connectivity index (χ1) is 12.1. The lowest BCUT2D eigenvalue weighted by Crippen LogP contribution is -2.45. The van der Waals surface area contributed by atoms with Gasteiger partial charge in [-0.25, -0.2) is 4.39 Å². The molecule has 0 saturated carbocycles. The van der Waals surface area contributed by atoms with Crippen LogP contribution >= 0.6 is 0 Å². The summed E-state index contributed by atoms with van der Waals surface area (Å²) < 4.78 is 13.8. The van der Waals surface area contributed by atoms with Crippen LogP contribution in [0.3, 0.4) is 0 Å². The number of hydrogen-bond donors (Lipinski definition) is 1. The highest BCUT2D eigenvalue weighted by atomic mass is 19.1. The van der Waals surface area contributed by atoms with Crippen molar-refractivity contribution >= 4 is 11.8 Å². The highest BCUT2D eigenvalue weighted by Crippen LogP contribution is 2.20. The van der Waals surface area contributed by atoms with Crippen molar-refractivity contribution in [3.8, 4) is 0 Å². The fraction of sp³-hybridized carbons (Fsp3) is 0.300. The average Bonchev–Trinajstić information content (AvgIpc) is 2.67. The molecular formula is C20H21FN2O2. The standard InChI is InChI=1S/C20H21FN2O2/c21-18-11-5-4-10-17(18)20(25)23-12-6-9-16(14-23)19(24)22-13-15-7-2-1-3-8-15/h1-5,7-8,10-11,16H,6,9,12-14H2,(H,22,24)/t16-/m0/s1. The van der Waals surface area contributed by atoms with E-state index in [4.69, 9.17) is 0 Å². The summed E-state index contributed by atoms with van der Waals surface area (Å²) in [7, 11) is 0. The molecule has 3 rings (SSSR count). The van der Waals surface area contributed by atoms with E-state index in [0.29, 0.717) is 19.6 Å². The minimum atomic E-state index is -0.525. The van der Waals surface area contributed by atoms with Crippen molar-refractivity contribution < 1.29 is 14.0 Å². The molecule has 0 aromatic heterocycles. The van der Waals surface area contributed by atoms with E-state index in [1.54, 1.807) is 17.0 Å². The third kappa shape index (κ3) is 4.24. The largest absolute Gasteiger partial charge is 0.352 e. The maximum Gasteiger partial charge on any atom is 0.256 e. The summed E-state index contributed by atoms with van der Waals surface area (Å²) in [5.74, 6) is -1.19. The number of carbonyl (C=O) groups is 2. The van der Waals surface area contributed by atoms with E-state index in [-0.39, 0.29) is 23.3 Å². The van der Waals surface area contributed by atoms with Crippen molar-refractivity contribution in [2.45, 2.75) is 19.4 Å². The molecule has 0 aliphatic carbocycles. The van der Waals surface area contributed by atoms with E-state index < -0.39 is 5.82 Å². The molecule has 130 valence electrons. The zero-order chi connectivity index (χ0) is 17.6. The number of hydrogen-bond acceptors (Lipinski definition) is 2. The molecule has 1 N–H and O–H groups in total. The molecule has 0 spiro atoms. The van der Waals surface area contributed by atoms with Crippen molar-refractivity contribution in [1.29, 1.82) is 0 Å². The van der Waals surface area contributed by atoms with Crippen molar-refractivity contribution in [3.05, 3.63) is 71.5 Å². The summed E-state index contributed by atoms with van der Waals surface area (Å²) in [6, 6.07) is 15.7. The fourth-order valence-electron chi connectivity index (χ4n) is 3.11. The molecule has 0 radical (unpaired) electrons. The van der Waals surface area contributed by atoms with Gasteiger partial charge in [0.1, 0.15) is 5.82 Å². The molecule has 1 saturated heterocycles. The lowest BCUT2D eigenvalue weighted by atomic mass is 9.96. The summed E-state index contributed by atoms with van der Waals surface area (Å²) in [6.07, 6.45) is 1.48. The second-order valence-corrected chi connectivity index (χ2v) is 6.27. The Labute approximate surface area is 146 Å². The number of nitrogens with zero attached hydrogens (tertiary/aromatic N) is 1. The van der Waals surface area contributed by atoms with Gasteiger partial charge in [0.25, 0.3) is 5.91 Å². The topological polar surface area (TPSA) is 49.4 Å². The summed E-state index contributed by atoms with van der Waals surface area (Å²) in [4.78, 5) is 26.5. The number of amides is 2. The molecule has 0 unspecified atom stereocenters. The van der Waals surface area contributed by atoms with E-state index in [9.17, 15) is 14.0 Å². The van der Waals surface area contributed by atoms with Crippen LogP contribution < -0.4 is 5.32 Å². The molecule has 1 aliphatic rings. The summed E-state index contributed by atoms with van der Waals surface area (Å²) in [5, 5.41) is 2.93. The minimum absolute atomic E-state index is 0.0603. The maximum atomic E-state index is 13.8. The molecule has 25 heavy (non-hydrogen) atoms. The second-order valence-electron chi connectivity index (χ2n) is 6.27. The lowest BCUT2D eigenvalue weighted by molar-refractivity contribution is -0.126. The number of carbonyl (C=O) groups excluding carboxylic acids is 2. The highest BCUT2D eigenvalue weighted by molar-refractivity contribution is 5.95. The van der Waals surface area contributed by atoms with Crippen molar-refractivity contribution in [3.63, 3.8) is 0 Å². The normalized spacial score (nSPS) is 17.2. The van der Waals surface area contributed by atoms with Gasteiger partial charge in [-0.2, -0.15) is 0 Å². The zero-order valence-electron chi connectivity index (χ0n) is 14.0. The second kappa shape index (κ2) is 7.92. The molecule has 2 aromatic rings. The van der Waals surface area contributed by atoms with Crippen LogP contribution in [-0.2, 0) is 11.3 Å². The molecule has 1 aliphatic heterocycles. The predicted molar refractivity (Wildman–Crippen MR) is 93.3 cm³/mol. The van der Waals surface area contributed by atoms with Gasteiger partial charge in [0.2, 0.25) is 5.91 Å². The van der Waals surface area contributed by atoms with Crippen LogP contribution in [0.1, 0.15) is 28.8 Å². The number of likely N-dealkylation sites (tertiary alicyclic amines) is 1. The van der Waals surface area contributed by atoms with Gasteiger partial charge in [-0.05, 0) is 30.5 Å². The van der Waals surface area contributed by atoms with Gasteiger partial charge in [0.15, 0.2) is 0 Å². The van der Waals surface area contributed by atoms with Gasteiger partial charge >= 0.3 is 0 Å². The molecule has 1 heterocycles. The minimum Gasteiger partial charge on any atom is -0.352 e. The Morgan fingerprint density at radius 2 is 1.80 bits per heavy atom. The third-order valence-corrected chi connectivity index (χ3v) is 4.49. The molecule has 1 fully saturated rings. The van der Waals surface area contributed by atoms with Crippen molar-refractivity contribution in [2.24, 2.45) is 5.92 Å². The van der Waals surface area contributed by atoms with Gasteiger partial charge in [-0.1, -0.05) is 42.5 Å². The lowest BCUT2D eigenvalue weighted by Gasteiger charge is -2.32. The fourth-order valence-corrected chi connectivity index (χ4v) is 3.11. The van der Waals surface area contributed by atoms with Gasteiger partial charge in [0.05, 0.1) is 11.5 Å². The third-order valence-electron chi connectivity index (χ3n) is 4.49. The first-order valence-corrected chi connectivity index (χ1v) is 8.50. The van der Waals surface area contributed by atoms with Crippen LogP contribution in [0.2, 0.25) is 0 Å². The first kappa shape index (κ1) is 17.1. The Hall–Kier alpha value is -2.69. The molecule has 4 nitrogen and oxygen atoms in total. The number of benzene rings is 2. The molecule has 5 heteroatoms. The zero-order valence-corrected chi connectivity index (χ0v) is 14.0. The Morgan fingerprint density at radius 3 is 2.56 bits per heavy atom. The van der Waals surface area contributed by atoms with Gasteiger partial charge < -0.3 is 10.2 Å². The van der Waals surface area contributed by atoms with E-state index >= 15 is 0 Å². The SMILES string of the molecule is O=C(NCc1ccccc1)[C@H]1CCCN(C(=O)c2ccccc2F)C1. The quantitative estimate of drug-likeness (QED) is 0.930. The van der Waals surface area contributed by atoms with Crippen molar-refractivity contribution in [1.82, 2.24) is 10.2 Å². The molecular weight excluding hydrogens is 319 g/mol. The van der Waals surface area contributed by atoms with E-state index in [1.807, 2.05) is 30.3 Å². The molecule has 0 bridgehead atoms. The molecule has 2 amide bonds. The highest BCUT2D eigenvalue weighted by Gasteiger charge is 2.29. The van der Waals surface area contributed by atoms with Gasteiger partial charge in [-0.15, -0.1) is 0 Å². The summed E-state index contributed by atoms with van der Waals surface area (Å²) in [5.41, 5.74) is 1.10. The van der Waals surface area contributed by atoms with Crippen LogP contribution in [0.5, 0.6) is 0 Å². The summed E-state index contributed by atoms with van der Waals surface area (Å²) >= 11 is 0. The molecule has 1 atom stereocenters. The molecule has 2 aromatic carbocycles. The van der Waals surface area contributed by atoms with Crippen LogP contribution in [0.4, 0.5) is 4.39 Å². The number of nitrogens with one attached hydrogen (secondary N) is 1. The smallest absolute Gasteiger partial charge is 0.256 e. The predicted octanol–water partition coefficient (Wildman–Crippen LogP) is 2.99. The van der Waals surface area contributed by atoms with Gasteiger partial charge in [-0.3, -0.25) is 9.59 Å². The van der Waals surface area contributed by atoms with Crippen LogP contribution in [-0.4, -0.2) is 29.8 Å². The Balaban J connectivity index is 1.60.